The van der Waals surface area contributed by atoms with Crippen molar-refractivity contribution in [2.75, 3.05) is 19.6 Å². The number of aliphatic carboxylic acids is 1. The number of carboxylic acids is 1. The number of piperidine rings is 1. The highest BCUT2D eigenvalue weighted by Crippen LogP contribution is 2.32. The summed E-state index contributed by atoms with van der Waals surface area (Å²) in [6.45, 7) is 5.01. The lowest BCUT2D eigenvalue weighted by Gasteiger charge is -2.37. The van der Waals surface area contributed by atoms with E-state index in [9.17, 15) is 9.90 Å². The Kier molecular flexibility index (Phi) is 4.66. The second kappa shape index (κ2) is 6.05. The van der Waals surface area contributed by atoms with Crippen LogP contribution in [0.25, 0.3) is 0 Å². The van der Waals surface area contributed by atoms with Crippen LogP contribution in [0.2, 0.25) is 0 Å². The lowest BCUT2D eigenvalue weighted by Crippen LogP contribution is -2.43. The molecule has 1 aliphatic heterocycles. The molecule has 18 heavy (non-hydrogen) atoms. The van der Waals surface area contributed by atoms with Gasteiger partial charge in [-0.05, 0) is 51.7 Å². The van der Waals surface area contributed by atoms with E-state index in [0.717, 1.165) is 31.8 Å². The molecular weight excluding hydrogens is 226 g/mol. The van der Waals surface area contributed by atoms with E-state index < -0.39 is 11.4 Å². The van der Waals surface area contributed by atoms with Gasteiger partial charge in [-0.25, -0.2) is 0 Å². The van der Waals surface area contributed by atoms with Crippen LogP contribution in [0.3, 0.4) is 0 Å². The van der Waals surface area contributed by atoms with Crippen molar-refractivity contribution in [2.24, 2.45) is 11.3 Å². The van der Waals surface area contributed by atoms with Crippen molar-refractivity contribution in [3.05, 3.63) is 0 Å². The van der Waals surface area contributed by atoms with Gasteiger partial charge in [0, 0.05) is 0 Å². The van der Waals surface area contributed by atoms with Crippen LogP contribution in [0.15, 0.2) is 0 Å². The fourth-order valence-corrected chi connectivity index (χ4v) is 3.32. The normalized spacial score (nSPS) is 26.1. The maximum absolute atomic E-state index is 11.2. The van der Waals surface area contributed by atoms with E-state index >= 15 is 0 Å². The quantitative estimate of drug-likeness (QED) is 0.836. The van der Waals surface area contributed by atoms with Crippen molar-refractivity contribution in [2.45, 2.75) is 58.3 Å². The molecule has 2 rings (SSSR count). The van der Waals surface area contributed by atoms with Crippen LogP contribution in [0.5, 0.6) is 0 Å². The molecule has 3 heteroatoms. The monoisotopic (exact) mass is 253 g/mol. The molecule has 0 aromatic heterocycles. The van der Waals surface area contributed by atoms with Crippen LogP contribution in [0.1, 0.15) is 58.3 Å². The first kappa shape index (κ1) is 13.9. The molecule has 0 aromatic rings. The maximum Gasteiger partial charge on any atom is 0.309 e. The van der Waals surface area contributed by atoms with Crippen molar-refractivity contribution in [1.29, 1.82) is 0 Å². The lowest BCUT2D eigenvalue weighted by molar-refractivity contribution is -0.150. The molecule has 1 saturated heterocycles. The molecule has 2 aliphatic rings. The number of likely N-dealkylation sites (tertiary alicyclic amines) is 1. The molecule has 0 radical (unpaired) electrons. The molecule has 104 valence electrons. The Balaban J connectivity index is 1.68. The van der Waals surface area contributed by atoms with Crippen LogP contribution in [-0.4, -0.2) is 35.6 Å². The predicted molar refractivity (Wildman–Crippen MR) is 72.6 cm³/mol. The highest BCUT2D eigenvalue weighted by atomic mass is 16.4. The van der Waals surface area contributed by atoms with Crippen LogP contribution >= 0.6 is 0 Å². The molecule has 2 fully saturated rings. The Morgan fingerprint density at radius 2 is 1.83 bits per heavy atom. The molecule has 1 aliphatic carbocycles. The Morgan fingerprint density at radius 3 is 2.39 bits per heavy atom. The maximum atomic E-state index is 11.2. The number of nitrogens with zero attached hydrogens (tertiary/aromatic N) is 1. The number of rotatable bonds is 4. The summed E-state index contributed by atoms with van der Waals surface area (Å²) < 4.78 is 0. The number of carboxylic acid groups (broad SMARTS) is 1. The largest absolute Gasteiger partial charge is 0.481 e. The van der Waals surface area contributed by atoms with Crippen molar-refractivity contribution in [3.63, 3.8) is 0 Å². The topological polar surface area (TPSA) is 40.5 Å². The summed E-state index contributed by atoms with van der Waals surface area (Å²) >= 11 is 0. The zero-order valence-electron chi connectivity index (χ0n) is 11.7. The van der Waals surface area contributed by atoms with E-state index in [0.29, 0.717) is 0 Å². The average molecular weight is 253 g/mol. The van der Waals surface area contributed by atoms with Gasteiger partial charge in [0.05, 0.1) is 5.41 Å². The second-order valence-electron chi connectivity index (χ2n) is 6.50. The van der Waals surface area contributed by atoms with Gasteiger partial charge in [-0.1, -0.05) is 32.1 Å². The van der Waals surface area contributed by atoms with E-state index in [2.05, 4.69) is 4.90 Å². The van der Waals surface area contributed by atoms with Gasteiger partial charge in [0.15, 0.2) is 0 Å². The zero-order chi connectivity index (χ0) is 13.0. The van der Waals surface area contributed by atoms with Gasteiger partial charge in [-0.2, -0.15) is 0 Å². The Bertz CT molecular complexity index is 276. The minimum absolute atomic E-state index is 0.471. The summed E-state index contributed by atoms with van der Waals surface area (Å²) in [6, 6.07) is 0. The van der Waals surface area contributed by atoms with Gasteiger partial charge >= 0.3 is 5.97 Å². The first-order valence-corrected chi connectivity index (χ1v) is 7.56. The average Bonchev–Trinajstić information content (AvgIpc) is 2.39. The Labute approximate surface area is 111 Å². The van der Waals surface area contributed by atoms with E-state index in [1.807, 2.05) is 6.92 Å². The van der Waals surface area contributed by atoms with Crippen LogP contribution in [0.4, 0.5) is 0 Å². The summed E-state index contributed by atoms with van der Waals surface area (Å²) in [5.74, 6) is 0.320. The zero-order valence-corrected chi connectivity index (χ0v) is 11.7. The third kappa shape index (κ3) is 3.47. The van der Waals surface area contributed by atoms with Crippen LogP contribution in [-0.2, 0) is 4.79 Å². The third-order valence-corrected chi connectivity index (χ3v) is 5.05. The smallest absolute Gasteiger partial charge is 0.309 e. The predicted octanol–water partition coefficient (Wildman–Crippen LogP) is 3.14. The van der Waals surface area contributed by atoms with Gasteiger partial charge in [-0.15, -0.1) is 0 Å². The van der Waals surface area contributed by atoms with E-state index in [4.69, 9.17) is 0 Å². The van der Waals surface area contributed by atoms with E-state index in [1.165, 1.54) is 45.1 Å². The third-order valence-electron chi connectivity index (χ3n) is 5.05. The number of hydrogen-bond acceptors (Lipinski definition) is 2. The first-order chi connectivity index (χ1) is 8.60. The number of hydrogen-bond donors (Lipinski definition) is 1. The summed E-state index contributed by atoms with van der Waals surface area (Å²) in [7, 11) is 0. The SMILES string of the molecule is CC1(C(=O)O)CCN(CCC2CCCCC2)CC1. The van der Waals surface area contributed by atoms with Gasteiger partial charge in [0.1, 0.15) is 0 Å². The minimum Gasteiger partial charge on any atom is -0.481 e. The highest BCUT2D eigenvalue weighted by molar-refractivity contribution is 5.74. The summed E-state index contributed by atoms with van der Waals surface area (Å²) in [5, 5.41) is 9.20. The second-order valence-corrected chi connectivity index (χ2v) is 6.50. The molecule has 1 N–H and O–H groups in total. The summed E-state index contributed by atoms with van der Waals surface area (Å²) in [5.41, 5.74) is -0.471. The van der Waals surface area contributed by atoms with Crippen molar-refractivity contribution < 1.29 is 9.90 Å². The lowest BCUT2D eigenvalue weighted by atomic mass is 9.80. The van der Waals surface area contributed by atoms with Gasteiger partial charge in [0.2, 0.25) is 0 Å². The molecule has 0 aromatic carbocycles. The fourth-order valence-electron chi connectivity index (χ4n) is 3.32. The molecule has 1 saturated carbocycles. The van der Waals surface area contributed by atoms with Crippen molar-refractivity contribution in [1.82, 2.24) is 4.90 Å². The summed E-state index contributed by atoms with van der Waals surface area (Å²) in [4.78, 5) is 13.6. The van der Waals surface area contributed by atoms with Gasteiger partial charge < -0.3 is 10.0 Å². The standard InChI is InChI=1S/C15H27NO2/c1-15(14(17)18)8-11-16(12-9-15)10-7-13-5-3-2-4-6-13/h13H,2-12H2,1H3,(H,17,18). The molecular formula is C15H27NO2. The number of carbonyl (C=O) groups is 1. The van der Waals surface area contributed by atoms with Crippen molar-refractivity contribution in [3.8, 4) is 0 Å². The van der Waals surface area contributed by atoms with Gasteiger partial charge in [-0.3, -0.25) is 4.79 Å². The molecule has 0 bridgehead atoms. The molecule has 0 amide bonds. The Hall–Kier alpha value is -0.570. The highest BCUT2D eigenvalue weighted by Gasteiger charge is 2.36. The fraction of sp³-hybridized carbons (Fsp3) is 0.933. The first-order valence-electron chi connectivity index (χ1n) is 7.56. The molecule has 0 spiro atoms. The molecule has 0 atom stereocenters. The van der Waals surface area contributed by atoms with E-state index in [1.54, 1.807) is 0 Å². The summed E-state index contributed by atoms with van der Waals surface area (Å²) in [6.07, 6.45) is 10.0. The van der Waals surface area contributed by atoms with Crippen LogP contribution < -0.4 is 0 Å². The molecule has 1 heterocycles. The van der Waals surface area contributed by atoms with Crippen LogP contribution in [0, 0.1) is 11.3 Å². The van der Waals surface area contributed by atoms with E-state index in [-0.39, 0.29) is 0 Å². The molecule has 3 nitrogen and oxygen atoms in total. The Morgan fingerprint density at radius 1 is 1.22 bits per heavy atom. The molecule has 0 unspecified atom stereocenters. The van der Waals surface area contributed by atoms with Gasteiger partial charge in [0.25, 0.3) is 0 Å². The minimum atomic E-state index is -0.616. The van der Waals surface area contributed by atoms with Crippen molar-refractivity contribution >= 4 is 5.97 Å².